The molecule has 14 heavy (non-hydrogen) atoms. The van der Waals surface area contributed by atoms with Crippen molar-refractivity contribution < 1.29 is 4.42 Å². The number of halogens is 1. The molecule has 1 aromatic carbocycles. The molecule has 0 fully saturated rings. The lowest BCUT2D eigenvalue weighted by Crippen LogP contribution is -1.87. The quantitative estimate of drug-likeness (QED) is 0.756. The molecule has 0 amide bonds. The zero-order valence-corrected chi connectivity index (χ0v) is 8.58. The molecule has 3 heteroatoms. The first-order chi connectivity index (χ1) is 6.74. The van der Waals surface area contributed by atoms with Crippen molar-refractivity contribution in [2.45, 2.75) is 13.3 Å². The van der Waals surface area contributed by atoms with Crippen molar-refractivity contribution in [3.63, 3.8) is 0 Å². The number of rotatable bonds is 2. The summed E-state index contributed by atoms with van der Waals surface area (Å²) >= 11 is 5.87. The first kappa shape index (κ1) is 9.28. The summed E-state index contributed by atoms with van der Waals surface area (Å²) < 4.78 is 5.25. The maximum absolute atomic E-state index is 5.87. The van der Waals surface area contributed by atoms with Gasteiger partial charge in [0.2, 0.25) is 0 Å². The van der Waals surface area contributed by atoms with Crippen molar-refractivity contribution in [2.24, 2.45) is 0 Å². The molecule has 0 bridgehead atoms. The van der Waals surface area contributed by atoms with Crippen LogP contribution in [0, 0.1) is 6.92 Å². The minimum atomic E-state index is 0.689. The van der Waals surface area contributed by atoms with Crippen molar-refractivity contribution in [1.29, 1.82) is 0 Å². The van der Waals surface area contributed by atoms with Gasteiger partial charge in [0.05, 0.1) is 5.69 Å². The monoisotopic (exact) mass is 207 g/mol. The molecule has 1 heterocycles. The Kier molecular flexibility index (Phi) is 2.55. The number of hydrogen-bond donors (Lipinski definition) is 0. The standard InChI is InChI=1S/C11H10ClNO/c1-8-7-14-11(13-8)6-9-3-2-4-10(12)5-9/h2-5,7H,6H2,1H3. The average Bonchev–Trinajstić information content (AvgIpc) is 2.51. The highest BCUT2D eigenvalue weighted by atomic mass is 35.5. The van der Waals surface area contributed by atoms with E-state index < -0.39 is 0 Å². The number of oxazole rings is 1. The molecule has 1 aromatic heterocycles. The van der Waals surface area contributed by atoms with Gasteiger partial charge in [-0.15, -0.1) is 0 Å². The van der Waals surface area contributed by atoms with Crippen LogP contribution in [-0.4, -0.2) is 4.98 Å². The van der Waals surface area contributed by atoms with Gasteiger partial charge in [0.1, 0.15) is 6.26 Å². The van der Waals surface area contributed by atoms with Gasteiger partial charge in [-0.25, -0.2) is 4.98 Å². The summed E-state index contributed by atoms with van der Waals surface area (Å²) in [5, 5.41) is 0.741. The zero-order chi connectivity index (χ0) is 9.97. The van der Waals surface area contributed by atoms with Crippen molar-refractivity contribution in [1.82, 2.24) is 4.98 Å². The molecule has 2 aromatic rings. The molecule has 0 unspecified atom stereocenters. The van der Waals surface area contributed by atoms with Crippen LogP contribution in [0.2, 0.25) is 5.02 Å². The van der Waals surface area contributed by atoms with E-state index in [1.54, 1.807) is 6.26 Å². The highest BCUT2D eigenvalue weighted by molar-refractivity contribution is 6.30. The van der Waals surface area contributed by atoms with Crippen LogP contribution in [0.1, 0.15) is 17.1 Å². The van der Waals surface area contributed by atoms with Crippen LogP contribution < -0.4 is 0 Å². The molecule has 72 valence electrons. The lowest BCUT2D eigenvalue weighted by Gasteiger charge is -1.97. The van der Waals surface area contributed by atoms with Crippen molar-refractivity contribution in [3.8, 4) is 0 Å². The molecule has 0 aliphatic rings. The number of hydrogen-bond acceptors (Lipinski definition) is 2. The van der Waals surface area contributed by atoms with Crippen molar-refractivity contribution in [2.75, 3.05) is 0 Å². The fourth-order valence-electron chi connectivity index (χ4n) is 1.31. The largest absolute Gasteiger partial charge is 0.448 e. The molecule has 0 N–H and O–H groups in total. The van der Waals surface area contributed by atoms with E-state index in [4.69, 9.17) is 16.0 Å². The van der Waals surface area contributed by atoms with Crippen molar-refractivity contribution >= 4 is 11.6 Å². The Morgan fingerprint density at radius 3 is 2.93 bits per heavy atom. The van der Waals surface area contributed by atoms with E-state index in [9.17, 15) is 0 Å². The van der Waals surface area contributed by atoms with Gasteiger partial charge in [0.15, 0.2) is 5.89 Å². The van der Waals surface area contributed by atoms with E-state index in [0.717, 1.165) is 22.2 Å². The van der Waals surface area contributed by atoms with Crippen LogP contribution in [0.5, 0.6) is 0 Å². The van der Waals surface area contributed by atoms with Gasteiger partial charge in [-0.1, -0.05) is 23.7 Å². The van der Waals surface area contributed by atoms with Crippen LogP contribution in [0.4, 0.5) is 0 Å². The molecule has 2 nitrogen and oxygen atoms in total. The molecule has 0 saturated carbocycles. The Morgan fingerprint density at radius 1 is 1.43 bits per heavy atom. The smallest absolute Gasteiger partial charge is 0.198 e. The van der Waals surface area contributed by atoms with Gasteiger partial charge in [-0.3, -0.25) is 0 Å². The molecule has 0 radical (unpaired) electrons. The molecule has 0 saturated heterocycles. The molecule has 0 spiro atoms. The molecule has 2 rings (SSSR count). The van der Waals surface area contributed by atoms with E-state index in [-0.39, 0.29) is 0 Å². The second-order valence-electron chi connectivity index (χ2n) is 3.19. The van der Waals surface area contributed by atoms with Gasteiger partial charge < -0.3 is 4.42 Å². The Balaban J connectivity index is 2.18. The highest BCUT2D eigenvalue weighted by Gasteiger charge is 2.02. The summed E-state index contributed by atoms with van der Waals surface area (Å²) in [6.07, 6.45) is 2.34. The van der Waals surface area contributed by atoms with Crippen LogP contribution in [0.3, 0.4) is 0 Å². The molecular weight excluding hydrogens is 198 g/mol. The summed E-state index contributed by atoms with van der Waals surface area (Å²) in [6.45, 7) is 1.91. The molecular formula is C11H10ClNO. The number of aryl methyl sites for hydroxylation is 1. The minimum absolute atomic E-state index is 0.689. The van der Waals surface area contributed by atoms with E-state index in [1.807, 2.05) is 31.2 Å². The Labute approximate surface area is 87.5 Å². The lowest BCUT2D eigenvalue weighted by molar-refractivity contribution is 0.506. The normalized spacial score (nSPS) is 10.4. The van der Waals surface area contributed by atoms with Gasteiger partial charge in [0, 0.05) is 11.4 Å². The van der Waals surface area contributed by atoms with Crippen molar-refractivity contribution in [3.05, 3.63) is 52.7 Å². The lowest BCUT2D eigenvalue weighted by atomic mass is 10.1. The van der Waals surface area contributed by atoms with Crippen LogP contribution in [0.15, 0.2) is 34.9 Å². The second-order valence-corrected chi connectivity index (χ2v) is 3.63. The van der Waals surface area contributed by atoms with Gasteiger partial charge >= 0.3 is 0 Å². The van der Waals surface area contributed by atoms with E-state index in [1.165, 1.54) is 0 Å². The predicted octanol–water partition coefficient (Wildman–Crippen LogP) is 3.23. The summed E-state index contributed by atoms with van der Waals surface area (Å²) in [5.41, 5.74) is 2.02. The predicted molar refractivity (Wildman–Crippen MR) is 55.5 cm³/mol. The van der Waals surface area contributed by atoms with Gasteiger partial charge in [0.25, 0.3) is 0 Å². The van der Waals surface area contributed by atoms with Gasteiger partial charge in [-0.05, 0) is 24.6 Å². The van der Waals surface area contributed by atoms with Crippen LogP contribution in [-0.2, 0) is 6.42 Å². The fourth-order valence-corrected chi connectivity index (χ4v) is 1.52. The second kappa shape index (κ2) is 3.84. The third-order valence-corrected chi connectivity index (χ3v) is 2.15. The first-order valence-electron chi connectivity index (χ1n) is 4.39. The average molecular weight is 208 g/mol. The maximum atomic E-state index is 5.87. The molecule has 0 atom stereocenters. The molecule has 0 aliphatic heterocycles. The minimum Gasteiger partial charge on any atom is -0.448 e. The van der Waals surface area contributed by atoms with Gasteiger partial charge in [-0.2, -0.15) is 0 Å². The fraction of sp³-hybridized carbons (Fsp3) is 0.182. The van der Waals surface area contributed by atoms with Crippen LogP contribution in [0.25, 0.3) is 0 Å². The number of aromatic nitrogens is 1. The highest BCUT2D eigenvalue weighted by Crippen LogP contribution is 2.14. The summed E-state index contributed by atoms with van der Waals surface area (Å²) in [5.74, 6) is 0.727. The van der Waals surface area contributed by atoms with Crippen LogP contribution >= 0.6 is 11.6 Å². The summed E-state index contributed by atoms with van der Waals surface area (Å²) in [7, 11) is 0. The topological polar surface area (TPSA) is 26.0 Å². The Bertz CT molecular complexity index is 436. The zero-order valence-electron chi connectivity index (χ0n) is 7.83. The Hall–Kier alpha value is -1.28. The van der Waals surface area contributed by atoms with E-state index >= 15 is 0 Å². The maximum Gasteiger partial charge on any atom is 0.198 e. The summed E-state index contributed by atoms with van der Waals surface area (Å²) in [4.78, 5) is 4.23. The third kappa shape index (κ3) is 2.15. The molecule has 0 aliphatic carbocycles. The number of benzene rings is 1. The first-order valence-corrected chi connectivity index (χ1v) is 4.77. The van der Waals surface area contributed by atoms with E-state index in [0.29, 0.717) is 6.42 Å². The SMILES string of the molecule is Cc1coc(Cc2cccc(Cl)c2)n1. The summed E-state index contributed by atoms with van der Waals surface area (Å²) in [6, 6.07) is 7.70. The number of nitrogens with zero attached hydrogens (tertiary/aromatic N) is 1. The van der Waals surface area contributed by atoms with E-state index in [2.05, 4.69) is 4.98 Å². The third-order valence-electron chi connectivity index (χ3n) is 1.91. The Morgan fingerprint density at radius 2 is 2.29 bits per heavy atom.